The lowest BCUT2D eigenvalue weighted by molar-refractivity contribution is 0.100. The van der Waals surface area contributed by atoms with Gasteiger partial charge in [0, 0.05) is 35.0 Å². The van der Waals surface area contributed by atoms with Crippen LogP contribution in [0.5, 0.6) is 0 Å². The molecule has 144 valence electrons. The molecule has 8 heteroatoms. The molecule has 0 saturated heterocycles. The van der Waals surface area contributed by atoms with Gasteiger partial charge in [-0.2, -0.15) is 5.10 Å². The Bertz CT molecular complexity index is 1040. The highest BCUT2D eigenvalue weighted by atomic mass is 35.5. The van der Waals surface area contributed by atoms with Crippen LogP contribution in [-0.4, -0.2) is 26.1 Å². The lowest BCUT2D eigenvalue weighted by atomic mass is 10.1. The maximum absolute atomic E-state index is 11.6. The maximum Gasteiger partial charge on any atom is 0.250 e. The molecule has 1 fully saturated rings. The summed E-state index contributed by atoms with van der Waals surface area (Å²) in [6.07, 6.45) is 4.20. The lowest BCUT2D eigenvalue weighted by Gasteiger charge is -2.13. The van der Waals surface area contributed by atoms with E-state index in [9.17, 15) is 4.79 Å². The fourth-order valence-electron chi connectivity index (χ4n) is 3.03. The molecule has 2 aromatic heterocycles. The molecule has 1 saturated carbocycles. The summed E-state index contributed by atoms with van der Waals surface area (Å²) in [5, 5.41) is 11.0. The Kier molecular flexibility index (Phi) is 4.77. The minimum atomic E-state index is -0.590. The molecule has 1 aromatic carbocycles. The Morgan fingerprint density at radius 1 is 1.32 bits per heavy atom. The number of hydrogen-bond donors (Lipinski definition) is 3. The number of hydrogen-bond acceptors (Lipinski definition) is 5. The number of H-pyrrole nitrogens is 1. The fourth-order valence-corrected chi connectivity index (χ4v) is 3.24. The van der Waals surface area contributed by atoms with E-state index in [-0.39, 0.29) is 11.5 Å². The number of amides is 1. The molecule has 3 aromatic rings. The van der Waals surface area contributed by atoms with Crippen LogP contribution < -0.4 is 11.1 Å². The SMILES string of the molecule is CC(C)c1cnc(-c2ccc(Cl)c(C(N)=O)c2)nc1Nc1cc(C2CC2)[nH]n1. The van der Waals surface area contributed by atoms with E-state index in [1.807, 2.05) is 6.07 Å². The van der Waals surface area contributed by atoms with E-state index in [4.69, 9.17) is 17.3 Å². The second-order valence-electron chi connectivity index (χ2n) is 7.32. The fraction of sp³-hybridized carbons (Fsp3) is 0.300. The molecule has 0 atom stereocenters. The number of halogens is 1. The van der Waals surface area contributed by atoms with Crippen LogP contribution in [-0.2, 0) is 0 Å². The van der Waals surface area contributed by atoms with E-state index in [2.05, 4.69) is 39.3 Å². The quantitative estimate of drug-likeness (QED) is 0.573. The molecule has 1 aliphatic carbocycles. The summed E-state index contributed by atoms with van der Waals surface area (Å²) < 4.78 is 0. The molecule has 0 spiro atoms. The van der Waals surface area contributed by atoms with Gasteiger partial charge < -0.3 is 11.1 Å². The zero-order valence-corrected chi connectivity index (χ0v) is 16.4. The number of carbonyl (C=O) groups excluding carboxylic acids is 1. The topological polar surface area (TPSA) is 110 Å². The number of nitrogens with zero attached hydrogens (tertiary/aromatic N) is 3. The van der Waals surface area contributed by atoms with Crippen molar-refractivity contribution in [3.05, 3.63) is 52.3 Å². The minimum Gasteiger partial charge on any atom is -0.366 e. The lowest BCUT2D eigenvalue weighted by Crippen LogP contribution is -2.12. The zero-order valence-electron chi connectivity index (χ0n) is 15.7. The number of benzene rings is 1. The van der Waals surface area contributed by atoms with Gasteiger partial charge in [0.1, 0.15) is 5.82 Å². The monoisotopic (exact) mass is 396 g/mol. The van der Waals surface area contributed by atoms with Gasteiger partial charge in [0.05, 0.1) is 10.6 Å². The van der Waals surface area contributed by atoms with Crippen LogP contribution in [0.4, 0.5) is 11.6 Å². The van der Waals surface area contributed by atoms with Gasteiger partial charge in [0.2, 0.25) is 5.91 Å². The van der Waals surface area contributed by atoms with Crippen molar-refractivity contribution in [2.45, 2.75) is 38.5 Å². The molecular formula is C20H21ClN6O. The molecule has 4 rings (SSSR count). The highest BCUT2D eigenvalue weighted by Crippen LogP contribution is 2.40. The number of aromatic amines is 1. The molecule has 1 aliphatic rings. The molecule has 0 bridgehead atoms. The van der Waals surface area contributed by atoms with Crippen molar-refractivity contribution in [3.8, 4) is 11.4 Å². The molecule has 0 aliphatic heterocycles. The average Bonchev–Trinajstić information content (AvgIpc) is 3.41. The molecule has 0 radical (unpaired) electrons. The molecule has 0 unspecified atom stereocenters. The van der Waals surface area contributed by atoms with E-state index in [0.29, 0.717) is 28.1 Å². The van der Waals surface area contributed by atoms with Crippen LogP contribution in [0.3, 0.4) is 0 Å². The third-order valence-corrected chi connectivity index (χ3v) is 5.12. The smallest absolute Gasteiger partial charge is 0.250 e. The predicted molar refractivity (Wildman–Crippen MR) is 109 cm³/mol. The van der Waals surface area contributed by atoms with Gasteiger partial charge in [-0.3, -0.25) is 9.89 Å². The van der Waals surface area contributed by atoms with Crippen LogP contribution in [0.1, 0.15) is 60.1 Å². The Morgan fingerprint density at radius 3 is 2.79 bits per heavy atom. The third-order valence-electron chi connectivity index (χ3n) is 4.79. The number of nitrogens with two attached hydrogens (primary N) is 1. The Morgan fingerprint density at radius 2 is 2.11 bits per heavy atom. The second-order valence-corrected chi connectivity index (χ2v) is 7.73. The summed E-state index contributed by atoms with van der Waals surface area (Å²) in [6, 6.07) is 7.03. The van der Waals surface area contributed by atoms with Crippen molar-refractivity contribution in [1.82, 2.24) is 20.2 Å². The predicted octanol–water partition coefficient (Wildman–Crippen LogP) is 4.36. The Balaban J connectivity index is 1.70. The van der Waals surface area contributed by atoms with Crippen molar-refractivity contribution in [1.29, 1.82) is 0 Å². The molecule has 28 heavy (non-hydrogen) atoms. The standard InChI is InChI=1S/C20H21ClN6O/c1-10(2)14-9-23-19(12-5-6-15(21)13(7-12)18(22)28)25-20(14)24-17-8-16(26-27-17)11-3-4-11/h5-11H,3-4H2,1-2H3,(H2,22,28)(H2,23,24,25,26,27). The summed E-state index contributed by atoms with van der Waals surface area (Å²) in [5.74, 6) is 2.11. The van der Waals surface area contributed by atoms with E-state index in [1.54, 1.807) is 24.4 Å². The molecule has 2 heterocycles. The van der Waals surface area contributed by atoms with Crippen LogP contribution in [0, 0.1) is 0 Å². The number of carbonyl (C=O) groups is 1. The zero-order chi connectivity index (χ0) is 19.8. The first-order valence-electron chi connectivity index (χ1n) is 9.21. The Labute approximate surface area is 167 Å². The minimum absolute atomic E-state index is 0.227. The van der Waals surface area contributed by atoms with Gasteiger partial charge in [-0.1, -0.05) is 25.4 Å². The molecule has 7 nitrogen and oxygen atoms in total. The van der Waals surface area contributed by atoms with E-state index >= 15 is 0 Å². The summed E-state index contributed by atoms with van der Waals surface area (Å²) in [6.45, 7) is 4.16. The first-order valence-corrected chi connectivity index (χ1v) is 9.59. The van der Waals surface area contributed by atoms with E-state index in [0.717, 1.165) is 17.1 Å². The van der Waals surface area contributed by atoms with Crippen LogP contribution in [0.15, 0.2) is 30.5 Å². The summed E-state index contributed by atoms with van der Waals surface area (Å²) in [7, 11) is 0. The maximum atomic E-state index is 11.6. The van der Waals surface area contributed by atoms with Crippen LogP contribution in [0.25, 0.3) is 11.4 Å². The number of anilines is 2. The van der Waals surface area contributed by atoms with E-state index < -0.39 is 5.91 Å². The number of primary amides is 1. The largest absolute Gasteiger partial charge is 0.366 e. The van der Waals surface area contributed by atoms with Gasteiger partial charge in [0.15, 0.2) is 11.6 Å². The van der Waals surface area contributed by atoms with Crippen LogP contribution in [0.2, 0.25) is 5.02 Å². The van der Waals surface area contributed by atoms with Gasteiger partial charge in [0.25, 0.3) is 0 Å². The summed E-state index contributed by atoms with van der Waals surface area (Å²) >= 11 is 6.05. The molecule has 1 amide bonds. The third kappa shape index (κ3) is 3.71. The van der Waals surface area contributed by atoms with Gasteiger partial charge >= 0.3 is 0 Å². The van der Waals surface area contributed by atoms with E-state index in [1.165, 1.54) is 12.8 Å². The molecular weight excluding hydrogens is 376 g/mol. The molecule has 4 N–H and O–H groups in total. The van der Waals surface area contributed by atoms with Gasteiger partial charge in [-0.15, -0.1) is 0 Å². The average molecular weight is 397 g/mol. The first kappa shape index (κ1) is 18.4. The Hall–Kier alpha value is -2.93. The number of aromatic nitrogens is 4. The van der Waals surface area contributed by atoms with Crippen LogP contribution >= 0.6 is 11.6 Å². The summed E-state index contributed by atoms with van der Waals surface area (Å²) in [4.78, 5) is 20.8. The highest BCUT2D eigenvalue weighted by molar-refractivity contribution is 6.33. The normalized spacial score (nSPS) is 13.7. The second kappa shape index (κ2) is 7.24. The van der Waals surface area contributed by atoms with Crippen molar-refractivity contribution in [2.75, 3.05) is 5.32 Å². The number of rotatable bonds is 6. The highest BCUT2D eigenvalue weighted by Gasteiger charge is 2.25. The number of nitrogens with one attached hydrogen (secondary N) is 2. The summed E-state index contributed by atoms with van der Waals surface area (Å²) in [5.41, 5.74) is 8.43. The first-order chi connectivity index (χ1) is 13.4. The van der Waals surface area contributed by atoms with Crippen molar-refractivity contribution in [3.63, 3.8) is 0 Å². The van der Waals surface area contributed by atoms with Crippen molar-refractivity contribution < 1.29 is 4.79 Å². The van der Waals surface area contributed by atoms with Crippen molar-refractivity contribution in [2.24, 2.45) is 5.73 Å². The van der Waals surface area contributed by atoms with Gasteiger partial charge in [-0.25, -0.2) is 9.97 Å². The van der Waals surface area contributed by atoms with Crippen molar-refractivity contribution >= 4 is 29.1 Å². The van der Waals surface area contributed by atoms with Gasteiger partial charge in [-0.05, 0) is 37.0 Å².